The fraction of sp³-hybridized carbons (Fsp3) is 0.125. The minimum atomic E-state index is -4.21. The Bertz CT molecular complexity index is 2010. The largest absolute Gasteiger partial charge is 0.495 e. The average molecular weight is 732 g/mol. The number of halogens is 2. The number of methoxy groups -OCH3 is 2. The van der Waals surface area contributed by atoms with E-state index in [1.807, 2.05) is 0 Å². The van der Waals surface area contributed by atoms with Crippen molar-refractivity contribution in [2.45, 2.75) is 9.79 Å². The van der Waals surface area contributed by atoms with Crippen molar-refractivity contribution in [3.8, 4) is 11.5 Å². The Morgan fingerprint density at radius 1 is 0.646 bits per heavy atom. The van der Waals surface area contributed by atoms with E-state index in [-0.39, 0.29) is 42.6 Å². The lowest BCUT2D eigenvalue weighted by Gasteiger charge is -2.14. The monoisotopic (exact) mass is 730 g/mol. The van der Waals surface area contributed by atoms with Crippen LogP contribution in [0, 0.1) is 11.8 Å². The van der Waals surface area contributed by atoms with Gasteiger partial charge in [0.15, 0.2) is 0 Å². The first-order chi connectivity index (χ1) is 22.8. The standard InChI is InChI=1S/C32H28Cl2N4O8S2/c1-18-29(31(39)35-19-12-14-21(33)27(16-19)47(41,42)37-23-8-4-6-10-25(23)45-2)30(18)32(40)36-20-13-15-22(34)28(17-20)48(43,44)38-24-9-5-7-11-26(24)46-3/h4-17,29-30,37-38H,1H2,2-3H3,(H,35,39)(H,36,40)/t29-,30-/m0/s1. The van der Waals surface area contributed by atoms with Crippen LogP contribution in [0.15, 0.2) is 107 Å². The van der Waals surface area contributed by atoms with Gasteiger partial charge in [0, 0.05) is 11.4 Å². The molecule has 12 nitrogen and oxygen atoms in total. The summed E-state index contributed by atoms with van der Waals surface area (Å²) < 4.78 is 68.0. The zero-order valence-corrected chi connectivity index (χ0v) is 28.4. The summed E-state index contributed by atoms with van der Waals surface area (Å²) in [6.07, 6.45) is 0. The topological polar surface area (TPSA) is 169 Å². The van der Waals surface area contributed by atoms with Crippen LogP contribution in [0.3, 0.4) is 0 Å². The molecule has 1 fully saturated rings. The van der Waals surface area contributed by atoms with Crippen LogP contribution < -0.4 is 29.6 Å². The van der Waals surface area contributed by atoms with Gasteiger partial charge in [-0.05, 0) is 60.7 Å². The second-order valence-corrected chi connectivity index (χ2v) is 14.5. The van der Waals surface area contributed by atoms with Crippen LogP contribution in [0.25, 0.3) is 0 Å². The van der Waals surface area contributed by atoms with Crippen molar-refractivity contribution in [2.75, 3.05) is 34.3 Å². The maximum Gasteiger partial charge on any atom is 0.263 e. The Morgan fingerprint density at radius 2 is 1.02 bits per heavy atom. The number of hydrogen-bond donors (Lipinski definition) is 4. The van der Waals surface area contributed by atoms with E-state index in [2.05, 4.69) is 26.7 Å². The first kappa shape index (κ1) is 34.6. The Balaban J connectivity index is 1.27. The van der Waals surface area contributed by atoms with Gasteiger partial charge in [-0.15, -0.1) is 0 Å². The molecular formula is C32H28Cl2N4O8S2. The van der Waals surface area contributed by atoms with Crippen LogP contribution in [0.1, 0.15) is 0 Å². The van der Waals surface area contributed by atoms with E-state index < -0.39 is 43.7 Å². The lowest BCUT2D eigenvalue weighted by molar-refractivity contribution is -0.122. The van der Waals surface area contributed by atoms with Gasteiger partial charge in [-0.1, -0.05) is 59.6 Å². The fourth-order valence-corrected chi connectivity index (χ4v) is 8.02. The number of carbonyl (C=O) groups is 2. The number of nitrogens with one attached hydrogen (secondary N) is 4. The third kappa shape index (κ3) is 7.36. The number of amides is 2. The van der Waals surface area contributed by atoms with Crippen molar-refractivity contribution in [1.29, 1.82) is 0 Å². The molecule has 2 amide bonds. The van der Waals surface area contributed by atoms with E-state index in [4.69, 9.17) is 32.7 Å². The van der Waals surface area contributed by atoms with Crippen LogP contribution in [0.5, 0.6) is 11.5 Å². The van der Waals surface area contributed by atoms with E-state index in [9.17, 15) is 26.4 Å². The number of benzene rings is 4. The Labute approximate surface area is 287 Å². The van der Waals surface area contributed by atoms with Crippen LogP contribution in [-0.2, 0) is 29.6 Å². The highest BCUT2D eigenvalue weighted by Gasteiger charge is 2.52. The number of para-hydroxylation sites is 4. The van der Waals surface area contributed by atoms with Crippen LogP contribution >= 0.6 is 23.2 Å². The van der Waals surface area contributed by atoms with Gasteiger partial charge in [0.2, 0.25) is 11.8 Å². The van der Waals surface area contributed by atoms with Gasteiger partial charge < -0.3 is 20.1 Å². The number of anilines is 4. The molecule has 0 radical (unpaired) electrons. The van der Waals surface area contributed by atoms with E-state index in [0.717, 1.165) is 0 Å². The van der Waals surface area contributed by atoms with Gasteiger partial charge in [-0.2, -0.15) is 0 Å². The Morgan fingerprint density at radius 3 is 1.40 bits per heavy atom. The number of hydrogen-bond acceptors (Lipinski definition) is 8. The average Bonchev–Trinajstić information content (AvgIpc) is 3.73. The van der Waals surface area contributed by atoms with E-state index >= 15 is 0 Å². The van der Waals surface area contributed by atoms with Crippen molar-refractivity contribution < 1.29 is 35.9 Å². The maximum absolute atomic E-state index is 13.2. The molecule has 2 atom stereocenters. The van der Waals surface area contributed by atoms with Crippen molar-refractivity contribution in [2.24, 2.45) is 11.8 Å². The fourth-order valence-electron chi connectivity index (χ4n) is 4.83. The summed E-state index contributed by atoms with van der Waals surface area (Å²) in [4.78, 5) is 25.7. The quantitative estimate of drug-likeness (QED) is 0.129. The summed E-state index contributed by atoms with van der Waals surface area (Å²) in [7, 11) is -5.62. The van der Waals surface area contributed by atoms with Crippen molar-refractivity contribution >= 4 is 77.8 Å². The summed E-state index contributed by atoms with van der Waals surface area (Å²) in [6.45, 7) is 3.82. The van der Waals surface area contributed by atoms with Gasteiger partial charge in [0.05, 0.1) is 47.5 Å². The molecule has 0 unspecified atom stereocenters. The molecule has 0 heterocycles. The molecule has 4 aromatic rings. The summed E-state index contributed by atoms with van der Waals surface area (Å²) in [5.74, 6) is -2.50. The van der Waals surface area contributed by atoms with Crippen molar-refractivity contribution in [3.05, 3.63) is 107 Å². The minimum Gasteiger partial charge on any atom is -0.495 e. The summed E-state index contributed by atoms with van der Waals surface area (Å²) in [5, 5.41) is 5.03. The molecule has 48 heavy (non-hydrogen) atoms. The molecule has 0 saturated heterocycles. The molecule has 250 valence electrons. The van der Waals surface area contributed by atoms with E-state index in [1.54, 1.807) is 36.4 Å². The first-order valence-electron chi connectivity index (χ1n) is 14.0. The summed E-state index contributed by atoms with van der Waals surface area (Å²) >= 11 is 12.4. The Kier molecular flexibility index (Phi) is 9.91. The van der Waals surface area contributed by atoms with Gasteiger partial charge >= 0.3 is 0 Å². The van der Waals surface area contributed by atoms with Crippen LogP contribution in [-0.4, -0.2) is 42.9 Å². The Hall–Kier alpha value is -4.76. The van der Waals surface area contributed by atoms with Crippen LogP contribution in [0.4, 0.5) is 22.7 Å². The number of ether oxygens (including phenoxy) is 2. The number of rotatable bonds is 12. The third-order valence-electron chi connectivity index (χ3n) is 7.27. The molecule has 1 aliphatic rings. The molecule has 1 saturated carbocycles. The van der Waals surface area contributed by atoms with Gasteiger partial charge in [-0.25, -0.2) is 16.8 Å². The molecule has 1 aliphatic carbocycles. The predicted molar refractivity (Wildman–Crippen MR) is 184 cm³/mol. The first-order valence-corrected chi connectivity index (χ1v) is 17.7. The lowest BCUT2D eigenvalue weighted by atomic mass is 10.2. The van der Waals surface area contributed by atoms with E-state index in [0.29, 0.717) is 17.1 Å². The molecule has 0 aliphatic heterocycles. The zero-order valence-electron chi connectivity index (χ0n) is 25.3. The normalized spacial score (nSPS) is 15.6. The lowest BCUT2D eigenvalue weighted by Crippen LogP contribution is -2.21. The molecule has 4 aromatic carbocycles. The highest BCUT2D eigenvalue weighted by molar-refractivity contribution is 7.93. The summed E-state index contributed by atoms with van der Waals surface area (Å²) in [6, 6.07) is 20.6. The predicted octanol–water partition coefficient (Wildman–Crippen LogP) is 5.99. The molecule has 4 N–H and O–H groups in total. The van der Waals surface area contributed by atoms with Crippen molar-refractivity contribution in [3.63, 3.8) is 0 Å². The van der Waals surface area contributed by atoms with E-state index in [1.165, 1.54) is 62.8 Å². The highest BCUT2D eigenvalue weighted by atomic mass is 35.5. The van der Waals surface area contributed by atoms with Gasteiger partial charge in [0.25, 0.3) is 20.0 Å². The summed E-state index contributed by atoms with van der Waals surface area (Å²) in [5.41, 5.74) is 0.903. The van der Waals surface area contributed by atoms with Crippen LogP contribution in [0.2, 0.25) is 10.0 Å². The molecule has 16 heteroatoms. The molecule has 5 rings (SSSR count). The SMILES string of the molecule is C=C1[C@H](C(=O)Nc2ccc(Cl)c(S(=O)(=O)Nc3ccccc3OC)c2)[C@H]1C(=O)Nc1ccc(Cl)c(S(=O)(=O)Nc2ccccc2OC)c1. The van der Waals surface area contributed by atoms with Crippen molar-refractivity contribution in [1.82, 2.24) is 0 Å². The smallest absolute Gasteiger partial charge is 0.263 e. The minimum absolute atomic E-state index is 0.0917. The molecule has 0 bridgehead atoms. The second kappa shape index (κ2) is 13.8. The second-order valence-electron chi connectivity index (χ2n) is 10.4. The highest BCUT2D eigenvalue weighted by Crippen LogP contribution is 2.46. The van der Waals surface area contributed by atoms with Gasteiger partial charge in [-0.3, -0.25) is 19.0 Å². The number of carbonyl (C=O) groups excluding carboxylic acids is 2. The van der Waals surface area contributed by atoms with Gasteiger partial charge in [0.1, 0.15) is 21.3 Å². The zero-order chi connectivity index (χ0) is 34.8. The third-order valence-corrected chi connectivity index (χ3v) is 11.0. The molecule has 0 spiro atoms. The molecular weight excluding hydrogens is 703 g/mol. The molecule has 0 aromatic heterocycles. The number of sulfonamides is 2. The maximum atomic E-state index is 13.2.